The van der Waals surface area contributed by atoms with Gasteiger partial charge in [-0.2, -0.15) is 0 Å². The van der Waals surface area contributed by atoms with E-state index in [1.807, 2.05) is 37.3 Å². The molecule has 1 N–H and O–H groups in total. The molecule has 0 aliphatic carbocycles. The van der Waals surface area contributed by atoms with Gasteiger partial charge < -0.3 is 15.1 Å². The van der Waals surface area contributed by atoms with Crippen LogP contribution < -0.4 is 15.1 Å². The average Bonchev–Trinajstić information content (AvgIpc) is 2.68. The van der Waals surface area contributed by atoms with Crippen LogP contribution in [0.3, 0.4) is 0 Å². The van der Waals surface area contributed by atoms with Crippen molar-refractivity contribution < 1.29 is 9.72 Å². The summed E-state index contributed by atoms with van der Waals surface area (Å²) in [4.78, 5) is 26.5. The molecule has 2 aromatic carbocycles. The molecule has 0 bridgehead atoms. The van der Waals surface area contributed by atoms with E-state index >= 15 is 0 Å². The first-order valence-electron chi connectivity index (χ1n) is 8.70. The van der Waals surface area contributed by atoms with E-state index in [2.05, 4.69) is 15.1 Å². The number of carbonyl (C=O) groups excluding carboxylic acids is 1. The molecule has 1 heterocycles. The standard InChI is InChI=1S/C19H22N4O3/c1-2-20-17-13-16(7-8-19(17)23(25)26)21-9-11-22(12-10-21)18-6-4-3-5-15(18)14-24/h3-8,13-14,20H,2,9-12H2,1H3. The van der Waals surface area contributed by atoms with Crippen molar-refractivity contribution in [2.75, 3.05) is 47.8 Å². The number of piperazine rings is 1. The summed E-state index contributed by atoms with van der Waals surface area (Å²) in [5.41, 5.74) is 3.26. The van der Waals surface area contributed by atoms with Crippen molar-refractivity contribution in [3.63, 3.8) is 0 Å². The normalized spacial score (nSPS) is 14.2. The Morgan fingerprint density at radius 1 is 1.12 bits per heavy atom. The van der Waals surface area contributed by atoms with Gasteiger partial charge in [-0.1, -0.05) is 12.1 Å². The summed E-state index contributed by atoms with van der Waals surface area (Å²) < 4.78 is 0. The number of nitrogens with one attached hydrogen (secondary N) is 1. The molecule has 0 amide bonds. The molecule has 7 nitrogen and oxygen atoms in total. The lowest BCUT2D eigenvalue weighted by Gasteiger charge is -2.38. The third-order valence-electron chi connectivity index (χ3n) is 4.59. The van der Waals surface area contributed by atoms with Gasteiger partial charge in [0.2, 0.25) is 0 Å². The van der Waals surface area contributed by atoms with E-state index in [-0.39, 0.29) is 10.6 Å². The Hall–Kier alpha value is -3.09. The first-order chi connectivity index (χ1) is 12.6. The fourth-order valence-electron chi connectivity index (χ4n) is 3.29. The van der Waals surface area contributed by atoms with Crippen molar-refractivity contribution >= 4 is 29.0 Å². The van der Waals surface area contributed by atoms with Crippen LogP contribution in [0.2, 0.25) is 0 Å². The summed E-state index contributed by atoms with van der Waals surface area (Å²) in [6, 6.07) is 12.8. The fraction of sp³-hybridized carbons (Fsp3) is 0.316. The van der Waals surface area contributed by atoms with Gasteiger partial charge in [0.15, 0.2) is 6.29 Å². The number of rotatable bonds is 6. The van der Waals surface area contributed by atoms with Crippen LogP contribution in [-0.2, 0) is 0 Å². The highest BCUT2D eigenvalue weighted by atomic mass is 16.6. The number of nitrogens with zero attached hydrogens (tertiary/aromatic N) is 3. The number of hydrogen-bond acceptors (Lipinski definition) is 6. The zero-order chi connectivity index (χ0) is 18.5. The van der Waals surface area contributed by atoms with Gasteiger partial charge in [-0.15, -0.1) is 0 Å². The van der Waals surface area contributed by atoms with Crippen molar-refractivity contribution in [3.05, 3.63) is 58.1 Å². The van der Waals surface area contributed by atoms with Crippen molar-refractivity contribution in [1.29, 1.82) is 0 Å². The molecule has 3 rings (SSSR count). The summed E-state index contributed by atoms with van der Waals surface area (Å²) in [6.45, 7) is 5.70. The van der Waals surface area contributed by atoms with E-state index in [1.165, 1.54) is 0 Å². The Labute approximate surface area is 152 Å². The minimum Gasteiger partial charge on any atom is -0.380 e. The zero-order valence-corrected chi connectivity index (χ0v) is 14.7. The molecule has 0 radical (unpaired) electrons. The van der Waals surface area contributed by atoms with Crippen LogP contribution in [0.25, 0.3) is 0 Å². The Kier molecular flexibility index (Phi) is 5.36. The Bertz CT molecular complexity index is 801. The topological polar surface area (TPSA) is 78.7 Å². The molecule has 0 aromatic heterocycles. The SMILES string of the molecule is CCNc1cc(N2CCN(c3ccccc3C=O)CC2)ccc1[N+](=O)[O-]. The Morgan fingerprint density at radius 3 is 2.46 bits per heavy atom. The van der Waals surface area contributed by atoms with Gasteiger partial charge in [0.05, 0.1) is 4.92 Å². The summed E-state index contributed by atoms with van der Waals surface area (Å²) in [5.74, 6) is 0. The molecule has 0 spiro atoms. The van der Waals surface area contributed by atoms with Gasteiger partial charge in [0.1, 0.15) is 5.69 Å². The summed E-state index contributed by atoms with van der Waals surface area (Å²) in [5, 5.41) is 14.2. The van der Waals surface area contributed by atoms with Gasteiger partial charge in [-0.25, -0.2) is 0 Å². The maximum atomic E-state index is 11.2. The molecule has 1 fully saturated rings. The second-order valence-corrected chi connectivity index (χ2v) is 6.14. The molecule has 2 aromatic rings. The molecule has 1 aliphatic heterocycles. The van der Waals surface area contributed by atoms with Crippen LogP contribution in [0.1, 0.15) is 17.3 Å². The quantitative estimate of drug-likeness (QED) is 0.488. The lowest BCUT2D eigenvalue weighted by atomic mass is 10.1. The predicted molar refractivity (Wildman–Crippen MR) is 104 cm³/mol. The molecule has 1 aliphatic rings. The molecule has 0 saturated carbocycles. The molecular weight excluding hydrogens is 332 g/mol. The highest BCUT2D eigenvalue weighted by Gasteiger charge is 2.21. The average molecular weight is 354 g/mol. The number of nitro groups is 1. The van der Waals surface area contributed by atoms with E-state index in [0.717, 1.165) is 43.8 Å². The summed E-state index contributed by atoms with van der Waals surface area (Å²) in [7, 11) is 0. The van der Waals surface area contributed by atoms with Gasteiger partial charge in [0, 0.05) is 55.7 Å². The highest BCUT2D eigenvalue weighted by molar-refractivity contribution is 5.84. The fourth-order valence-corrected chi connectivity index (χ4v) is 3.29. The number of aldehydes is 1. The lowest BCUT2D eigenvalue weighted by molar-refractivity contribution is -0.383. The second kappa shape index (κ2) is 7.86. The van der Waals surface area contributed by atoms with Gasteiger partial charge >= 0.3 is 0 Å². The maximum absolute atomic E-state index is 11.2. The number of anilines is 3. The minimum absolute atomic E-state index is 0.0918. The third-order valence-corrected chi connectivity index (χ3v) is 4.59. The predicted octanol–water partition coefficient (Wildman–Crippen LogP) is 3.17. The van der Waals surface area contributed by atoms with Crippen LogP contribution in [0.15, 0.2) is 42.5 Å². The van der Waals surface area contributed by atoms with Crippen molar-refractivity contribution in [2.45, 2.75) is 6.92 Å². The molecule has 1 saturated heterocycles. The Balaban J connectivity index is 1.74. The largest absolute Gasteiger partial charge is 0.380 e. The Morgan fingerprint density at radius 2 is 1.81 bits per heavy atom. The summed E-state index contributed by atoms with van der Waals surface area (Å²) >= 11 is 0. The van der Waals surface area contributed by atoms with Crippen molar-refractivity contribution in [2.24, 2.45) is 0 Å². The first-order valence-corrected chi connectivity index (χ1v) is 8.70. The van der Waals surface area contributed by atoms with Gasteiger partial charge in [-0.3, -0.25) is 14.9 Å². The van der Waals surface area contributed by atoms with E-state index in [9.17, 15) is 14.9 Å². The zero-order valence-electron chi connectivity index (χ0n) is 14.7. The highest BCUT2D eigenvalue weighted by Crippen LogP contribution is 2.30. The molecular formula is C19H22N4O3. The smallest absolute Gasteiger partial charge is 0.292 e. The van der Waals surface area contributed by atoms with Crippen LogP contribution in [0.4, 0.5) is 22.7 Å². The number of para-hydroxylation sites is 1. The van der Waals surface area contributed by atoms with Crippen LogP contribution in [0.5, 0.6) is 0 Å². The first kappa shape index (κ1) is 17.7. The second-order valence-electron chi connectivity index (χ2n) is 6.14. The molecule has 0 unspecified atom stereocenters. The van der Waals surface area contributed by atoms with E-state index < -0.39 is 0 Å². The van der Waals surface area contributed by atoms with Crippen LogP contribution >= 0.6 is 0 Å². The van der Waals surface area contributed by atoms with E-state index in [4.69, 9.17) is 0 Å². The third kappa shape index (κ3) is 3.61. The maximum Gasteiger partial charge on any atom is 0.292 e. The lowest BCUT2D eigenvalue weighted by Crippen LogP contribution is -2.46. The van der Waals surface area contributed by atoms with Gasteiger partial charge in [0.25, 0.3) is 5.69 Å². The number of hydrogen-bond donors (Lipinski definition) is 1. The van der Waals surface area contributed by atoms with Gasteiger partial charge in [-0.05, 0) is 31.2 Å². The minimum atomic E-state index is -0.365. The molecule has 7 heteroatoms. The van der Waals surface area contributed by atoms with Crippen LogP contribution in [0, 0.1) is 10.1 Å². The number of carbonyl (C=O) groups is 1. The number of benzene rings is 2. The van der Waals surface area contributed by atoms with Crippen molar-refractivity contribution in [1.82, 2.24) is 0 Å². The van der Waals surface area contributed by atoms with Crippen molar-refractivity contribution in [3.8, 4) is 0 Å². The summed E-state index contributed by atoms with van der Waals surface area (Å²) in [6.07, 6.45) is 0.890. The van der Waals surface area contributed by atoms with Crippen LogP contribution in [-0.4, -0.2) is 43.9 Å². The molecule has 0 atom stereocenters. The molecule has 26 heavy (non-hydrogen) atoms. The number of nitro benzene ring substituents is 1. The molecule has 136 valence electrons. The van der Waals surface area contributed by atoms with E-state index in [1.54, 1.807) is 12.1 Å². The monoisotopic (exact) mass is 354 g/mol. The van der Waals surface area contributed by atoms with E-state index in [0.29, 0.717) is 17.8 Å².